The van der Waals surface area contributed by atoms with E-state index in [2.05, 4.69) is 41.8 Å². The van der Waals surface area contributed by atoms with Crippen molar-refractivity contribution in [1.82, 2.24) is 10.6 Å². The van der Waals surface area contributed by atoms with E-state index < -0.39 is 0 Å². The molecule has 104 valence electrons. The summed E-state index contributed by atoms with van der Waals surface area (Å²) in [4.78, 5) is 12.1. The quantitative estimate of drug-likeness (QED) is 0.835. The number of hydrogen-bond donors (Lipinski definition) is 2. The Hall–Kier alpha value is -1.39. The molecule has 1 heterocycles. The minimum Gasteiger partial charge on any atom is -0.379 e. The van der Waals surface area contributed by atoms with Gasteiger partial charge in [0.1, 0.15) is 0 Å². The minimum absolute atomic E-state index is 0.0661. The number of amides is 1. The zero-order valence-electron chi connectivity index (χ0n) is 11.6. The highest BCUT2D eigenvalue weighted by Gasteiger charge is 2.32. The first-order chi connectivity index (χ1) is 9.24. The Morgan fingerprint density at radius 2 is 1.95 bits per heavy atom. The maximum atomic E-state index is 12.1. The maximum absolute atomic E-state index is 12.1. The van der Waals surface area contributed by atoms with E-state index in [0.29, 0.717) is 19.8 Å². The monoisotopic (exact) mass is 262 g/mol. The molecule has 1 aliphatic rings. The Bertz CT molecular complexity index is 417. The predicted molar refractivity (Wildman–Crippen MR) is 74.8 cm³/mol. The van der Waals surface area contributed by atoms with Gasteiger partial charge in [0.05, 0.1) is 19.1 Å². The molecule has 4 heteroatoms. The van der Waals surface area contributed by atoms with Gasteiger partial charge in [0.2, 0.25) is 5.91 Å². The normalized spacial score (nSPS) is 22.4. The fourth-order valence-corrected chi connectivity index (χ4v) is 2.31. The van der Waals surface area contributed by atoms with E-state index in [1.807, 2.05) is 7.05 Å². The zero-order chi connectivity index (χ0) is 13.7. The first-order valence-corrected chi connectivity index (χ1v) is 6.85. The Balaban J connectivity index is 1.85. The first kappa shape index (κ1) is 14.0. The number of carbonyl (C=O) groups excluding carboxylic acids is 1. The van der Waals surface area contributed by atoms with Crippen LogP contribution in [-0.2, 0) is 22.5 Å². The minimum atomic E-state index is -0.0834. The van der Waals surface area contributed by atoms with Crippen LogP contribution in [0.15, 0.2) is 24.3 Å². The van der Waals surface area contributed by atoms with Crippen LogP contribution in [0.5, 0.6) is 0 Å². The number of hydrogen-bond acceptors (Lipinski definition) is 3. The fourth-order valence-electron chi connectivity index (χ4n) is 2.31. The van der Waals surface area contributed by atoms with E-state index in [1.165, 1.54) is 5.56 Å². The van der Waals surface area contributed by atoms with Gasteiger partial charge in [-0.1, -0.05) is 31.2 Å². The van der Waals surface area contributed by atoms with Crippen molar-refractivity contribution >= 4 is 5.91 Å². The number of nitrogens with one attached hydrogen (secondary N) is 2. The number of carbonyl (C=O) groups is 1. The molecule has 2 N–H and O–H groups in total. The standard InChI is InChI=1S/C15H22N2O2/c1-3-11-4-6-12(7-5-11)8-17-15(18)13-9-19-10-14(13)16-2/h4-7,13-14,16H,3,8-10H2,1-2H3,(H,17,18). The van der Waals surface area contributed by atoms with E-state index >= 15 is 0 Å². The van der Waals surface area contributed by atoms with Crippen molar-refractivity contribution in [3.8, 4) is 0 Å². The first-order valence-electron chi connectivity index (χ1n) is 6.85. The van der Waals surface area contributed by atoms with Gasteiger partial charge >= 0.3 is 0 Å². The Morgan fingerprint density at radius 3 is 2.58 bits per heavy atom. The molecule has 0 bridgehead atoms. The van der Waals surface area contributed by atoms with Gasteiger partial charge < -0.3 is 15.4 Å². The number of aryl methyl sites for hydroxylation is 1. The molecule has 0 aromatic heterocycles. The second kappa shape index (κ2) is 6.68. The van der Waals surface area contributed by atoms with E-state index in [4.69, 9.17) is 4.74 Å². The topological polar surface area (TPSA) is 50.4 Å². The van der Waals surface area contributed by atoms with E-state index in [0.717, 1.165) is 12.0 Å². The van der Waals surface area contributed by atoms with Crippen LogP contribution in [0.4, 0.5) is 0 Å². The highest BCUT2D eigenvalue weighted by Crippen LogP contribution is 2.13. The Kier molecular flexibility index (Phi) is 4.93. The molecular weight excluding hydrogens is 240 g/mol. The second-order valence-corrected chi connectivity index (χ2v) is 4.93. The third kappa shape index (κ3) is 3.55. The summed E-state index contributed by atoms with van der Waals surface area (Å²) in [6, 6.07) is 8.48. The molecule has 19 heavy (non-hydrogen) atoms. The van der Waals surface area contributed by atoms with Crippen molar-refractivity contribution in [1.29, 1.82) is 0 Å². The van der Waals surface area contributed by atoms with Crippen molar-refractivity contribution in [3.63, 3.8) is 0 Å². The van der Waals surface area contributed by atoms with Crippen LogP contribution in [0.25, 0.3) is 0 Å². The van der Waals surface area contributed by atoms with Gasteiger partial charge in [0.15, 0.2) is 0 Å². The smallest absolute Gasteiger partial charge is 0.227 e. The molecule has 2 rings (SSSR count). The average Bonchev–Trinajstić information content (AvgIpc) is 2.93. The molecule has 0 aliphatic carbocycles. The van der Waals surface area contributed by atoms with Gasteiger partial charge in [0, 0.05) is 12.6 Å². The predicted octanol–water partition coefficient (Wildman–Crippen LogP) is 1.10. The van der Waals surface area contributed by atoms with Gasteiger partial charge in [-0.25, -0.2) is 0 Å². The van der Waals surface area contributed by atoms with Crippen molar-refractivity contribution in [2.24, 2.45) is 5.92 Å². The molecule has 1 amide bonds. The molecule has 2 unspecified atom stereocenters. The molecule has 1 fully saturated rings. The second-order valence-electron chi connectivity index (χ2n) is 4.93. The van der Waals surface area contributed by atoms with Gasteiger partial charge in [-0.15, -0.1) is 0 Å². The van der Waals surface area contributed by atoms with Crippen LogP contribution in [0, 0.1) is 5.92 Å². The highest BCUT2D eigenvalue weighted by atomic mass is 16.5. The van der Waals surface area contributed by atoms with Crippen molar-refractivity contribution in [2.45, 2.75) is 25.9 Å². The van der Waals surface area contributed by atoms with Crippen LogP contribution in [0.2, 0.25) is 0 Å². The summed E-state index contributed by atoms with van der Waals surface area (Å²) < 4.78 is 5.34. The van der Waals surface area contributed by atoms with Gasteiger partial charge in [-0.3, -0.25) is 4.79 Å². The molecule has 1 aromatic carbocycles. The molecular formula is C15H22N2O2. The van der Waals surface area contributed by atoms with Gasteiger partial charge in [0.25, 0.3) is 0 Å². The van der Waals surface area contributed by atoms with Gasteiger partial charge in [-0.05, 0) is 24.6 Å². The Morgan fingerprint density at radius 1 is 1.26 bits per heavy atom. The summed E-state index contributed by atoms with van der Waals surface area (Å²) in [6.07, 6.45) is 1.04. The van der Waals surface area contributed by atoms with Crippen LogP contribution >= 0.6 is 0 Å². The molecule has 0 radical (unpaired) electrons. The van der Waals surface area contributed by atoms with Crippen molar-refractivity contribution < 1.29 is 9.53 Å². The molecule has 0 saturated carbocycles. The number of ether oxygens (including phenoxy) is 1. The van der Waals surface area contributed by atoms with E-state index in [9.17, 15) is 4.79 Å². The number of likely N-dealkylation sites (N-methyl/N-ethyl adjacent to an activating group) is 1. The molecule has 1 aromatic rings. The summed E-state index contributed by atoms with van der Waals surface area (Å²) in [5.41, 5.74) is 2.44. The third-order valence-electron chi connectivity index (χ3n) is 3.69. The van der Waals surface area contributed by atoms with Crippen LogP contribution in [0.3, 0.4) is 0 Å². The summed E-state index contributed by atoms with van der Waals surface area (Å²) in [5, 5.41) is 6.11. The molecule has 4 nitrogen and oxygen atoms in total. The van der Waals surface area contributed by atoms with E-state index in [-0.39, 0.29) is 17.9 Å². The molecule has 0 spiro atoms. The summed E-state index contributed by atoms with van der Waals surface area (Å²) in [7, 11) is 1.86. The van der Waals surface area contributed by atoms with E-state index in [1.54, 1.807) is 0 Å². The number of benzene rings is 1. The largest absolute Gasteiger partial charge is 0.379 e. The van der Waals surface area contributed by atoms with Crippen molar-refractivity contribution in [3.05, 3.63) is 35.4 Å². The lowest BCUT2D eigenvalue weighted by Crippen LogP contribution is -2.42. The zero-order valence-corrected chi connectivity index (χ0v) is 11.6. The molecule has 1 saturated heterocycles. The van der Waals surface area contributed by atoms with Crippen LogP contribution in [0.1, 0.15) is 18.1 Å². The third-order valence-corrected chi connectivity index (χ3v) is 3.69. The van der Waals surface area contributed by atoms with Crippen LogP contribution < -0.4 is 10.6 Å². The SMILES string of the molecule is CCc1ccc(CNC(=O)C2COCC2NC)cc1. The lowest BCUT2D eigenvalue weighted by molar-refractivity contribution is -0.125. The average molecular weight is 262 g/mol. The fraction of sp³-hybridized carbons (Fsp3) is 0.533. The summed E-state index contributed by atoms with van der Waals surface area (Å²) >= 11 is 0. The molecule has 1 aliphatic heterocycles. The lowest BCUT2D eigenvalue weighted by atomic mass is 10.0. The number of rotatable bonds is 5. The maximum Gasteiger partial charge on any atom is 0.227 e. The van der Waals surface area contributed by atoms with Crippen molar-refractivity contribution in [2.75, 3.05) is 20.3 Å². The Labute approximate surface area is 114 Å². The summed E-state index contributed by atoms with van der Waals surface area (Å²) in [5.74, 6) is -0.0173. The summed E-state index contributed by atoms with van der Waals surface area (Å²) in [6.45, 7) is 3.83. The van der Waals surface area contributed by atoms with Gasteiger partial charge in [-0.2, -0.15) is 0 Å². The van der Waals surface area contributed by atoms with Crippen LogP contribution in [-0.4, -0.2) is 32.2 Å². The lowest BCUT2D eigenvalue weighted by Gasteiger charge is -2.16. The highest BCUT2D eigenvalue weighted by molar-refractivity contribution is 5.79. The molecule has 2 atom stereocenters.